The van der Waals surface area contributed by atoms with E-state index in [2.05, 4.69) is 4.74 Å². The van der Waals surface area contributed by atoms with Crippen molar-refractivity contribution in [2.24, 2.45) is 0 Å². The lowest BCUT2D eigenvalue weighted by atomic mass is 10.2. The number of hydrogen-bond donors (Lipinski definition) is 0. The van der Waals surface area contributed by atoms with Crippen LogP contribution in [0, 0.1) is 0 Å². The third-order valence-electron chi connectivity index (χ3n) is 1.54. The molecule has 0 aliphatic heterocycles. The maximum absolute atomic E-state index is 12.0. The number of halogens is 3. The fourth-order valence-electron chi connectivity index (χ4n) is 0.992. The molecule has 0 bridgehead atoms. The first-order chi connectivity index (χ1) is 6.92. The van der Waals surface area contributed by atoms with E-state index < -0.39 is 18.6 Å². The van der Waals surface area contributed by atoms with Crippen LogP contribution in [0.15, 0.2) is 11.4 Å². The molecule has 15 heavy (non-hydrogen) atoms. The van der Waals surface area contributed by atoms with Crippen LogP contribution in [0.4, 0.5) is 13.2 Å². The molecule has 84 valence electrons. The van der Waals surface area contributed by atoms with Crippen molar-refractivity contribution in [3.05, 3.63) is 21.9 Å². The van der Waals surface area contributed by atoms with E-state index in [-0.39, 0.29) is 17.0 Å². The molecular weight excluding hydrogens is 229 g/mol. The first-order valence-corrected chi connectivity index (χ1v) is 5.11. The van der Waals surface area contributed by atoms with Crippen LogP contribution in [0.3, 0.4) is 0 Å². The van der Waals surface area contributed by atoms with Gasteiger partial charge in [0.2, 0.25) is 0 Å². The van der Waals surface area contributed by atoms with Gasteiger partial charge in [0.05, 0.1) is 18.6 Å². The molecule has 0 fully saturated rings. The average Bonchev–Trinajstić information content (AvgIpc) is 2.50. The molecule has 0 saturated heterocycles. The summed E-state index contributed by atoms with van der Waals surface area (Å²) in [6, 6.07) is 1.22. The Morgan fingerprint density at radius 2 is 2.20 bits per heavy atom. The minimum atomic E-state index is -4.24. The Balaban J connectivity index is 2.68. The molecule has 0 atom stereocenters. The second kappa shape index (κ2) is 4.65. The second-order valence-electron chi connectivity index (χ2n) is 2.81. The highest BCUT2D eigenvalue weighted by molar-refractivity contribution is 7.10. The van der Waals surface area contributed by atoms with Gasteiger partial charge in [0.25, 0.3) is 0 Å². The Morgan fingerprint density at radius 3 is 2.73 bits per heavy atom. The van der Waals surface area contributed by atoms with Gasteiger partial charge >= 0.3 is 12.1 Å². The number of carbonyl (C=O) groups excluding carboxylic acids is 1. The zero-order valence-corrected chi connectivity index (χ0v) is 8.74. The summed E-state index contributed by atoms with van der Waals surface area (Å²) in [4.78, 5) is 11.2. The van der Waals surface area contributed by atoms with Crippen molar-refractivity contribution in [2.45, 2.75) is 19.5 Å². The zero-order chi connectivity index (χ0) is 11.5. The summed E-state index contributed by atoms with van der Waals surface area (Å²) < 4.78 is 40.6. The van der Waals surface area contributed by atoms with Crippen LogP contribution in [0.25, 0.3) is 0 Å². The van der Waals surface area contributed by atoms with Crippen molar-refractivity contribution in [1.29, 1.82) is 0 Å². The molecule has 1 aromatic heterocycles. The molecule has 0 aliphatic rings. The molecule has 6 heteroatoms. The highest BCUT2D eigenvalue weighted by Gasteiger charge is 2.28. The number of rotatable bonds is 3. The molecule has 0 saturated carbocycles. The van der Waals surface area contributed by atoms with E-state index in [1.807, 2.05) is 0 Å². The number of alkyl halides is 3. The summed E-state index contributed by atoms with van der Waals surface area (Å²) in [5.74, 6) is -0.581. The van der Waals surface area contributed by atoms with E-state index in [0.717, 1.165) is 11.3 Å². The fourth-order valence-corrected chi connectivity index (χ4v) is 1.88. The van der Waals surface area contributed by atoms with Gasteiger partial charge in [0.1, 0.15) is 0 Å². The standard InChI is InChI=1S/C9H9F3O2S/c1-2-14-8(13)6-3-7(15-5-6)4-9(10,11)12/h3,5H,2,4H2,1H3. The number of carbonyl (C=O) groups is 1. The van der Waals surface area contributed by atoms with Crippen LogP contribution in [-0.2, 0) is 11.2 Å². The summed E-state index contributed by atoms with van der Waals surface area (Å²) in [6.07, 6.45) is -5.24. The van der Waals surface area contributed by atoms with Crippen molar-refractivity contribution in [1.82, 2.24) is 0 Å². The molecule has 0 spiro atoms. The Morgan fingerprint density at radius 1 is 1.53 bits per heavy atom. The molecular formula is C9H9F3O2S. The molecule has 0 amide bonds. The molecule has 1 heterocycles. The van der Waals surface area contributed by atoms with Crippen LogP contribution >= 0.6 is 11.3 Å². The van der Waals surface area contributed by atoms with Gasteiger partial charge in [0.15, 0.2) is 0 Å². The smallest absolute Gasteiger partial charge is 0.393 e. The first kappa shape index (κ1) is 12.0. The monoisotopic (exact) mass is 238 g/mol. The van der Waals surface area contributed by atoms with Gasteiger partial charge in [0, 0.05) is 10.3 Å². The van der Waals surface area contributed by atoms with Crippen LogP contribution in [0.2, 0.25) is 0 Å². The maximum Gasteiger partial charge on any atom is 0.393 e. The highest BCUT2D eigenvalue weighted by Crippen LogP contribution is 2.25. The van der Waals surface area contributed by atoms with Gasteiger partial charge in [-0.2, -0.15) is 13.2 Å². The van der Waals surface area contributed by atoms with Crippen LogP contribution in [-0.4, -0.2) is 18.8 Å². The SMILES string of the molecule is CCOC(=O)c1csc(CC(F)(F)F)c1. The van der Waals surface area contributed by atoms with Gasteiger partial charge in [-0.05, 0) is 13.0 Å². The predicted molar refractivity (Wildman–Crippen MR) is 50.0 cm³/mol. The third-order valence-corrected chi connectivity index (χ3v) is 2.48. The van der Waals surface area contributed by atoms with Crippen molar-refractivity contribution in [3.8, 4) is 0 Å². The normalized spacial score (nSPS) is 11.5. The molecule has 0 unspecified atom stereocenters. The number of thiophene rings is 1. The van der Waals surface area contributed by atoms with E-state index >= 15 is 0 Å². The Bertz CT molecular complexity index is 343. The van der Waals surface area contributed by atoms with Crippen molar-refractivity contribution in [2.75, 3.05) is 6.61 Å². The molecule has 0 N–H and O–H groups in total. The van der Waals surface area contributed by atoms with E-state index in [9.17, 15) is 18.0 Å². The number of esters is 1. The van der Waals surface area contributed by atoms with Gasteiger partial charge in [-0.1, -0.05) is 0 Å². The average molecular weight is 238 g/mol. The Kier molecular flexibility index (Phi) is 3.73. The predicted octanol–water partition coefficient (Wildman–Crippen LogP) is 3.03. The number of ether oxygens (including phenoxy) is 1. The van der Waals surface area contributed by atoms with Crippen molar-refractivity contribution in [3.63, 3.8) is 0 Å². The zero-order valence-electron chi connectivity index (χ0n) is 7.93. The van der Waals surface area contributed by atoms with Crippen molar-refractivity contribution >= 4 is 17.3 Å². The quantitative estimate of drug-likeness (QED) is 0.756. The molecule has 0 radical (unpaired) electrons. The summed E-state index contributed by atoms with van der Waals surface area (Å²) in [5, 5.41) is 1.37. The molecule has 1 rings (SSSR count). The lowest BCUT2D eigenvalue weighted by Crippen LogP contribution is -2.10. The summed E-state index contributed by atoms with van der Waals surface area (Å²) >= 11 is 0.910. The topological polar surface area (TPSA) is 26.3 Å². The molecule has 0 aromatic carbocycles. The summed E-state index contributed by atoms with van der Waals surface area (Å²) in [7, 11) is 0. The van der Waals surface area contributed by atoms with E-state index in [4.69, 9.17) is 0 Å². The van der Waals surface area contributed by atoms with Crippen molar-refractivity contribution < 1.29 is 22.7 Å². The first-order valence-electron chi connectivity index (χ1n) is 4.23. The Labute approximate surface area is 88.7 Å². The van der Waals surface area contributed by atoms with Gasteiger partial charge in [-0.15, -0.1) is 11.3 Å². The third kappa shape index (κ3) is 3.91. The largest absolute Gasteiger partial charge is 0.462 e. The van der Waals surface area contributed by atoms with Crippen LogP contribution in [0.5, 0.6) is 0 Å². The van der Waals surface area contributed by atoms with Gasteiger partial charge in [-0.3, -0.25) is 0 Å². The van der Waals surface area contributed by atoms with E-state index in [0.29, 0.717) is 0 Å². The van der Waals surface area contributed by atoms with Crippen LogP contribution in [0.1, 0.15) is 22.2 Å². The minimum Gasteiger partial charge on any atom is -0.462 e. The van der Waals surface area contributed by atoms with E-state index in [1.165, 1.54) is 11.4 Å². The van der Waals surface area contributed by atoms with E-state index in [1.54, 1.807) is 6.92 Å². The highest BCUT2D eigenvalue weighted by atomic mass is 32.1. The maximum atomic E-state index is 12.0. The fraction of sp³-hybridized carbons (Fsp3) is 0.444. The summed E-state index contributed by atoms with van der Waals surface area (Å²) in [5.41, 5.74) is 0.182. The lowest BCUT2D eigenvalue weighted by Gasteiger charge is -2.02. The molecule has 2 nitrogen and oxygen atoms in total. The second-order valence-corrected chi connectivity index (χ2v) is 3.81. The van der Waals surface area contributed by atoms with Gasteiger partial charge < -0.3 is 4.74 Å². The van der Waals surface area contributed by atoms with Crippen LogP contribution < -0.4 is 0 Å². The lowest BCUT2D eigenvalue weighted by molar-refractivity contribution is -0.126. The Hall–Kier alpha value is -1.04. The number of hydrogen-bond acceptors (Lipinski definition) is 3. The minimum absolute atomic E-state index is 0.116. The van der Waals surface area contributed by atoms with Gasteiger partial charge in [-0.25, -0.2) is 4.79 Å². The summed E-state index contributed by atoms with van der Waals surface area (Å²) in [6.45, 7) is 1.85. The molecule has 0 aliphatic carbocycles. The molecule has 1 aromatic rings.